The Morgan fingerprint density at radius 3 is 2.91 bits per heavy atom. The molecule has 10 heteroatoms. The lowest BCUT2D eigenvalue weighted by Crippen LogP contribution is -2.28. The van der Waals surface area contributed by atoms with Crippen LogP contribution in [0.1, 0.15) is 31.4 Å². The fourth-order valence-corrected chi connectivity index (χ4v) is 4.96. The average Bonchev–Trinajstić information content (AvgIpc) is 3.63. The topological polar surface area (TPSA) is 123 Å². The van der Waals surface area contributed by atoms with Gasteiger partial charge in [0.1, 0.15) is 29.4 Å². The third-order valence-corrected chi connectivity index (χ3v) is 6.80. The van der Waals surface area contributed by atoms with Crippen molar-refractivity contribution in [3.63, 3.8) is 0 Å². The largest absolute Gasteiger partial charge is 0.356 e. The van der Waals surface area contributed by atoms with Crippen molar-refractivity contribution in [3.05, 3.63) is 54.2 Å². The highest BCUT2D eigenvalue weighted by atomic mass is 32.1. The molecule has 0 spiro atoms. The van der Waals surface area contributed by atoms with E-state index in [-0.39, 0.29) is 6.04 Å². The van der Waals surface area contributed by atoms with Gasteiger partial charge in [-0.05, 0) is 30.9 Å². The van der Waals surface area contributed by atoms with E-state index in [0.29, 0.717) is 37.3 Å². The van der Waals surface area contributed by atoms with E-state index in [1.807, 2.05) is 47.7 Å². The molecular formula is C24H21N9S. The van der Waals surface area contributed by atoms with Gasteiger partial charge >= 0.3 is 0 Å². The number of fused-ring (bicyclic) bond motifs is 2. The number of aromatic nitrogens is 6. The zero-order chi connectivity index (χ0) is 23.5. The average molecular weight is 468 g/mol. The standard InChI is InChI=1S/C24H21N9S/c1-2-32(24-20(11-26)18-6-10-34-21(18)13-28-24)9-5-17(3-7-25)33-14-16(12-31-33)22-19-4-8-27-23(19)30-15-29-22/h4,6,8,10,12-15,17H,2-3,5,9H2,1H3,(H,27,29,30). The summed E-state index contributed by atoms with van der Waals surface area (Å²) in [5.74, 6) is 0.684. The summed E-state index contributed by atoms with van der Waals surface area (Å²) in [4.78, 5) is 18.5. The second kappa shape index (κ2) is 9.30. The van der Waals surface area contributed by atoms with Crippen LogP contribution < -0.4 is 4.90 Å². The normalized spacial score (nSPS) is 12.0. The van der Waals surface area contributed by atoms with Crippen molar-refractivity contribution in [2.45, 2.75) is 25.8 Å². The lowest BCUT2D eigenvalue weighted by molar-refractivity contribution is 0.431. The molecule has 0 aliphatic rings. The van der Waals surface area contributed by atoms with Crippen LogP contribution in [0.3, 0.4) is 0 Å². The van der Waals surface area contributed by atoms with Gasteiger partial charge in [0.15, 0.2) is 0 Å². The fourth-order valence-electron chi connectivity index (χ4n) is 4.20. The minimum Gasteiger partial charge on any atom is -0.356 e. The summed E-state index contributed by atoms with van der Waals surface area (Å²) in [6.07, 6.45) is 9.91. The van der Waals surface area contributed by atoms with E-state index in [1.165, 1.54) is 6.33 Å². The number of hydrogen-bond donors (Lipinski definition) is 1. The fraction of sp³-hybridized carbons (Fsp3) is 0.250. The van der Waals surface area contributed by atoms with Crippen LogP contribution in [0.4, 0.5) is 5.82 Å². The SMILES string of the molecule is CCN(CCC(CC#N)n1cc(-c2ncnc3[nH]ccc23)cn1)c1ncc2sccc2c1C#N. The van der Waals surface area contributed by atoms with Gasteiger partial charge < -0.3 is 9.88 Å². The summed E-state index contributed by atoms with van der Waals surface area (Å²) in [5.41, 5.74) is 3.04. The van der Waals surface area contributed by atoms with Crippen LogP contribution >= 0.6 is 11.3 Å². The highest BCUT2D eigenvalue weighted by Crippen LogP contribution is 2.30. The molecule has 5 heterocycles. The van der Waals surface area contributed by atoms with Crippen molar-refractivity contribution in [3.8, 4) is 23.4 Å². The van der Waals surface area contributed by atoms with Gasteiger partial charge in [0.25, 0.3) is 0 Å². The van der Waals surface area contributed by atoms with Crippen LogP contribution in [-0.2, 0) is 0 Å². The Morgan fingerprint density at radius 2 is 2.09 bits per heavy atom. The monoisotopic (exact) mass is 467 g/mol. The molecule has 0 saturated heterocycles. The Kier molecular flexibility index (Phi) is 5.90. The van der Waals surface area contributed by atoms with Crippen LogP contribution in [0.5, 0.6) is 0 Å². The van der Waals surface area contributed by atoms with Gasteiger partial charge in [0, 0.05) is 48.0 Å². The minimum atomic E-state index is -0.119. The van der Waals surface area contributed by atoms with Crippen LogP contribution in [-0.4, -0.2) is 42.8 Å². The third kappa shape index (κ3) is 3.85. The summed E-state index contributed by atoms with van der Waals surface area (Å²) in [6.45, 7) is 3.39. The first kappa shape index (κ1) is 21.6. The predicted octanol–water partition coefficient (Wildman–Crippen LogP) is 4.67. The van der Waals surface area contributed by atoms with Crippen molar-refractivity contribution < 1.29 is 0 Å². The molecular weight excluding hydrogens is 446 g/mol. The summed E-state index contributed by atoms with van der Waals surface area (Å²) in [6, 6.07) is 8.42. The maximum Gasteiger partial charge on any atom is 0.147 e. The van der Waals surface area contributed by atoms with Gasteiger partial charge in [0.05, 0.1) is 35.1 Å². The molecule has 0 bridgehead atoms. The van der Waals surface area contributed by atoms with Crippen LogP contribution in [0.15, 0.2) is 48.6 Å². The number of H-pyrrole nitrogens is 1. The highest BCUT2D eigenvalue weighted by Gasteiger charge is 2.19. The molecule has 0 saturated carbocycles. The molecule has 0 aromatic carbocycles. The van der Waals surface area contributed by atoms with Crippen molar-refractivity contribution in [2.24, 2.45) is 0 Å². The predicted molar refractivity (Wildman–Crippen MR) is 131 cm³/mol. The Labute approximate surface area is 199 Å². The summed E-state index contributed by atoms with van der Waals surface area (Å²) in [5, 5.41) is 27.7. The number of anilines is 1. The molecule has 5 aromatic heterocycles. The minimum absolute atomic E-state index is 0.119. The van der Waals surface area contributed by atoms with Crippen molar-refractivity contribution in [1.82, 2.24) is 29.7 Å². The van der Waals surface area contributed by atoms with E-state index in [1.54, 1.807) is 17.5 Å². The van der Waals surface area contributed by atoms with E-state index in [0.717, 1.165) is 32.4 Å². The van der Waals surface area contributed by atoms with Crippen LogP contribution in [0.2, 0.25) is 0 Å². The molecule has 34 heavy (non-hydrogen) atoms. The van der Waals surface area contributed by atoms with Crippen molar-refractivity contribution >= 4 is 38.3 Å². The van der Waals surface area contributed by atoms with Gasteiger partial charge in [-0.25, -0.2) is 15.0 Å². The molecule has 0 aliphatic carbocycles. The Bertz CT molecular complexity index is 1530. The number of nitrogens with one attached hydrogen (secondary N) is 1. The van der Waals surface area contributed by atoms with Gasteiger partial charge in [-0.2, -0.15) is 15.6 Å². The zero-order valence-electron chi connectivity index (χ0n) is 18.5. The van der Waals surface area contributed by atoms with Gasteiger partial charge in [0.2, 0.25) is 0 Å². The number of hydrogen-bond acceptors (Lipinski definition) is 8. The number of pyridine rings is 1. The molecule has 5 aromatic rings. The van der Waals surface area contributed by atoms with Gasteiger partial charge in [-0.3, -0.25) is 4.68 Å². The summed E-state index contributed by atoms with van der Waals surface area (Å²) in [7, 11) is 0. The highest BCUT2D eigenvalue weighted by molar-refractivity contribution is 7.17. The molecule has 9 nitrogen and oxygen atoms in total. The van der Waals surface area contributed by atoms with E-state index < -0.39 is 0 Å². The maximum atomic E-state index is 9.81. The van der Waals surface area contributed by atoms with E-state index in [9.17, 15) is 10.5 Å². The van der Waals surface area contributed by atoms with Gasteiger partial charge in [-0.1, -0.05) is 0 Å². The number of thiophene rings is 1. The molecule has 0 amide bonds. The molecule has 5 rings (SSSR count). The molecule has 1 atom stereocenters. The van der Waals surface area contributed by atoms with Gasteiger partial charge in [-0.15, -0.1) is 11.3 Å². The maximum absolute atomic E-state index is 9.81. The quantitative estimate of drug-likeness (QED) is 0.351. The van der Waals surface area contributed by atoms with Crippen LogP contribution in [0, 0.1) is 22.7 Å². The summed E-state index contributed by atoms with van der Waals surface area (Å²) < 4.78 is 2.84. The Morgan fingerprint density at radius 1 is 1.18 bits per heavy atom. The molecule has 168 valence electrons. The number of rotatable bonds is 8. The van der Waals surface area contributed by atoms with Crippen molar-refractivity contribution in [1.29, 1.82) is 10.5 Å². The van der Waals surface area contributed by atoms with E-state index >= 15 is 0 Å². The molecule has 0 aliphatic heterocycles. The smallest absolute Gasteiger partial charge is 0.147 e. The molecule has 1 unspecified atom stereocenters. The summed E-state index contributed by atoms with van der Waals surface area (Å²) >= 11 is 1.58. The van der Waals surface area contributed by atoms with Crippen molar-refractivity contribution in [2.75, 3.05) is 18.0 Å². The number of nitriles is 2. The van der Waals surface area contributed by atoms with E-state index in [4.69, 9.17) is 0 Å². The molecule has 1 N–H and O–H groups in total. The second-order valence-electron chi connectivity index (χ2n) is 7.82. The first-order valence-electron chi connectivity index (χ1n) is 10.9. The zero-order valence-corrected chi connectivity index (χ0v) is 19.3. The van der Waals surface area contributed by atoms with Crippen LogP contribution in [0.25, 0.3) is 32.4 Å². The second-order valence-corrected chi connectivity index (χ2v) is 8.77. The Balaban J connectivity index is 1.39. The lowest BCUT2D eigenvalue weighted by atomic mass is 10.1. The first-order valence-corrected chi connectivity index (χ1v) is 11.8. The lowest BCUT2D eigenvalue weighted by Gasteiger charge is -2.25. The molecule has 0 radical (unpaired) electrons. The molecule has 0 fully saturated rings. The van der Waals surface area contributed by atoms with E-state index in [2.05, 4.69) is 42.1 Å². The first-order chi connectivity index (χ1) is 16.7. The Hall–Kier alpha value is -4.28. The third-order valence-electron chi connectivity index (χ3n) is 5.95. The number of aromatic amines is 1. The number of nitrogens with zero attached hydrogens (tertiary/aromatic N) is 8.